The Balaban J connectivity index is 1.98. The lowest BCUT2D eigenvalue weighted by Crippen LogP contribution is -2.27. The fraction of sp³-hybridized carbons (Fsp3) is 0.714. The number of unbranched alkanes of at least 4 members (excludes halogenated alkanes) is 12. The van der Waals surface area contributed by atoms with E-state index in [9.17, 15) is 13.5 Å². The minimum atomic E-state index is -3.91. The molecule has 0 aliphatic rings. The van der Waals surface area contributed by atoms with E-state index < -0.39 is 22.8 Å². The normalized spacial score (nSPS) is 13.0. The molecule has 1 aromatic rings. The third kappa shape index (κ3) is 15.6. The van der Waals surface area contributed by atoms with Crippen molar-refractivity contribution in [2.45, 2.75) is 115 Å². The highest BCUT2D eigenvalue weighted by atomic mass is 32.2. The van der Waals surface area contributed by atoms with E-state index in [2.05, 4.69) is 19.1 Å². The molecule has 0 aromatic heterocycles. The van der Waals surface area contributed by atoms with Crippen LogP contribution < -0.4 is 0 Å². The molecule has 0 fully saturated rings. The average Bonchev–Trinajstić information content (AvgIpc) is 2.82. The molecule has 0 aliphatic carbocycles. The molecule has 1 aromatic carbocycles. The summed E-state index contributed by atoms with van der Waals surface area (Å²) < 4.78 is 35.3. The van der Waals surface area contributed by atoms with Gasteiger partial charge >= 0.3 is 0 Å². The van der Waals surface area contributed by atoms with E-state index in [-0.39, 0.29) is 11.5 Å². The number of rotatable bonds is 22. The molecular weight excluding hydrogens is 448 g/mol. The Morgan fingerprint density at radius 3 is 1.91 bits per heavy atom. The number of aliphatic hydroxyl groups is 1. The summed E-state index contributed by atoms with van der Waals surface area (Å²) in [5.74, 6) is 0. The van der Waals surface area contributed by atoms with Crippen LogP contribution in [-0.2, 0) is 19.0 Å². The first-order chi connectivity index (χ1) is 16.5. The first-order valence-corrected chi connectivity index (χ1v) is 14.7. The molecule has 0 saturated carbocycles. The van der Waals surface area contributed by atoms with Gasteiger partial charge in [-0.15, -0.1) is 0 Å². The summed E-state index contributed by atoms with van der Waals surface area (Å²) in [6, 6.07) is 6.45. The number of hydrogen-bond donors (Lipinski definition) is 1. The molecule has 0 heterocycles. The van der Waals surface area contributed by atoms with Crippen LogP contribution in [0.2, 0.25) is 0 Å². The lowest BCUT2D eigenvalue weighted by molar-refractivity contribution is 0.0220. The van der Waals surface area contributed by atoms with Crippen LogP contribution in [0.1, 0.15) is 102 Å². The molecule has 1 atom stereocenters. The van der Waals surface area contributed by atoms with Gasteiger partial charge in [0.25, 0.3) is 10.1 Å². The van der Waals surface area contributed by atoms with Crippen molar-refractivity contribution in [3.8, 4) is 0 Å². The molecule has 0 saturated heterocycles. The van der Waals surface area contributed by atoms with Crippen molar-refractivity contribution < 1.29 is 22.4 Å². The Kier molecular flexibility index (Phi) is 18.2. The molecule has 6 heteroatoms. The second kappa shape index (κ2) is 20.0. The minimum Gasteiger partial charge on any atom is -0.394 e. The third-order valence-corrected chi connectivity index (χ3v) is 7.26. The molecule has 1 N–H and O–H groups in total. The van der Waals surface area contributed by atoms with Crippen LogP contribution in [0, 0.1) is 6.92 Å². The van der Waals surface area contributed by atoms with Gasteiger partial charge < -0.3 is 9.84 Å². The molecule has 0 amide bonds. The van der Waals surface area contributed by atoms with Gasteiger partial charge in [-0.25, -0.2) is 0 Å². The number of benzene rings is 1. The van der Waals surface area contributed by atoms with Crippen molar-refractivity contribution in [3.63, 3.8) is 0 Å². The van der Waals surface area contributed by atoms with E-state index in [1.807, 2.05) is 6.92 Å². The maximum absolute atomic E-state index is 12.3. The topological polar surface area (TPSA) is 72.8 Å². The molecule has 0 aliphatic heterocycles. The van der Waals surface area contributed by atoms with E-state index in [1.165, 1.54) is 89.2 Å². The van der Waals surface area contributed by atoms with Crippen LogP contribution in [-0.4, -0.2) is 39.4 Å². The van der Waals surface area contributed by atoms with Crippen LogP contribution >= 0.6 is 0 Å². The second-order valence-electron chi connectivity index (χ2n) is 9.18. The highest BCUT2D eigenvalue weighted by molar-refractivity contribution is 7.86. The van der Waals surface area contributed by atoms with Crippen molar-refractivity contribution in [2.24, 2.45) is 0 Å². The van der Waals surface area contributed by atoms with Gasteiger partial charge in [0, 0.05) is 6.61 Å². The Morgan fingerprint density at radius 2 is 1.35 bits per heavy atom. The predicted octanol–water partition coefficient (Wildman–Crippen LogP) is 7.12. The molecule has 0 spiro atoms. The highest BCUT2D eigenvalue weighted by Crippen LogP contribution is 2.15. The fourth-order valence-corrected chi connectivity index (χ4v) is 4.77. The Bertz CT molecular complexity index is 728. The second-order valence-corrected chi connectivity index (χ2v) is 10.8. The van der Waals surface area contributed by atoms with E-state index in [4.69, 9.17) is 8.92 Å². The first-order valence-electron chi connectivity index (χ1n) is 13.3. The summed E-state index contributed by atoms with van der Waals surface area (Å²) in [5.41, 5.74) is 0.969. The van der Waals surface area contributed by atoms with Gasteiger partial charge in [0.05, 0.1) is 18.1 Å². The summed E-state index contributed by atoms with van der Waals surface area (Å²) in [7, 11) is -3.91. The lowest BCUT2D eigenvalue weighted by atomic mass is 10.1. The van der Waals surface area contributed by atoms with Gasteiger partial charge in [0.15, 0.2) is 0 Å². The molecule has 1 rings (SSSR count). The van der Waals surface area contributed by atoms with Crippen molar-refractivity contribution in [1.82, 2.24) is 0 Å². The van der Waals surface area contributed by atoms with Crippen LogP contribution in [0.3, 0.4) is 0 Å². The molecule has 1 unspecified atom stereocenters. The van der Waals surface area contributed by atoms with Crippen LogP contribution in [0.25, 0.3) is 0 Å². The van der Waals surface area contributed by atoms with Gasteiger partial charge in [0.2, 0.25) is 0 Å². The van der Waals surface area contributed by atoms with E-state index in [1.54, 1.807) is 12.1 Å². The molecule has 0 radical (unpaired) electrons. The molecule has 196 valence electrons. The lowest BCUT2D eigenvalue weighted by Gasteiger charge is -2.15. The molecule has 34 heavy (non-hydrogen) atoms. The Hall–Kier alpha value is -1.21. The summed E-state index contributed by atoms with van der Waals surface area (Å²) in [6.45, 7) is 4.35. The summed E-state index contributed by atoms with van der Waals surface area (Å²) in [6.07, 6.45) is 21.4. The van der Waals surface area contributed by atoms with Gasteiger partial charge in [0.1, 0.15) is 6.10 Å². The number of aryl methyl sites for hydroxylation is 1. The van der Waals surface area contributed by atoms with Gasteiger partial charge in [-0.05, 0) is 51.2 Å². The zero-order chi connectivity index (χ0) is 24.9. The number of aliphatic hydroxyl groups excluding tert-OH is 1. The maximum atomic E-state index is 12.3. The van der Waals surface area contributed by atoms with E-state index in [0.717, 1.165) is 18.4 Å². The van der Waals surface area contributed by atoms with E-state index >= 15 is 0 Å². The van der Waals surface area contributed by atoms with Crippen molar-refractivity contribution >= 4 is 10.1 Å². The van der Waals surface area contributed by atoms with E-state index in [0.29, 0.717) is 6.61 Å². The van der Waals surface area contributed by atoms with Crippen LogP contribution in [0.4, 0.5) is 0 Å². The number of hydrogen-bond acceptors (Lipinski definition) is 5. The standard InChI is InChI=1S/C28H48O5S/c1-3-4-5-6-7-8-9-10-11-12-13-14-15-16-17-18-23-32-25-27(24-29)33-34(30,31)28-21-19-26(2)20-22-28/h10-11,19-22,27,29H,3-9,12-18,23-25H2,1-2H3. The predicted molar refractivity (Wildman–Crippen MR) is 141 cm³/mol. The quantitative estimate of drug-likeness (QED) is 0.105. The maximum Gasteiger partial charge on any atom is 0.297 e. The highest BCUT2D eigenvalue weighted by Gasteiger charge is 2.21. The van der Waals surface area contributed by atoms with Crippen LogP contribution in [0.5, 0.6) is 0 Å². The third-order valence-electron chi connectivity index (χ3n) is 5.88. The molecule has 0 bridgehead atoms. The Labute approximate surface area is 209 Å². The zero-order valence-electron chi connectivity index (χ0n) is 21.6. The number of ether oxygens (including phenoxy) is 1. The molecular formula is C28H48O5S. The zero-order valence-corrected chi connectivity index (χ0v) is 22.4. The van der Waals surface area contributed by atoms with Crippen LogP contribution in [0.15, 0.2) is 41.3 Å². The monoisotopic (exact) mass is 496 g/mol. The SMILES string of the molecule is CCCCCCCCC=CCCCCCCCCOCC(CO)OS(=O)(=O)c1ccc(C)cc1. The van der Waals surface area contributed by atoms with Gasteiger partial charge in [-0.1, -0.05) is 94.6 Å². The Morgan fingerprint density at radius 1 is 0.824 bits per heavy atom. The van der Waals surface area contributed by atoms with Gasteiger partial charge in [-0.3, -0.25) is 4.18 Å². The van der Waals surface area contributed by atoms with Crippen molar-refractivity contribution in [3.05, 3.63) is 42.0 Å². The first kappa shape index (κ1) is 30.8. The van der Waals surface area contributed by atoms with Gasteiger partial charge in [-0.2, -0.15) is 8.42 Å². The summed E-state index contributed by atoms with van der Waals surface area (Å²) in [5, 5.41) is 9.45. The largest absolute Gasteiger partial charge is 0.394 e. The van der Waals surface area contributed by atoms with Crippen molar-refractivity contribution in [2.75, 3.05) is 19.8 Å². The average molecular weight is 497 g/mol. The van der Waals surface area contributed by atoms with Crippen molar-refractivity contribution in [1.29, 1.82) is 0 Å². The molecule has 5 nitrogen and oxygen atoms in total. The smallest absolute Gasteiger partial charge is 0.297 e. The summed E-state index contributed by atoms with van der Waals surface area (Å²) in [4.78, 5) is 0.0878. The minimum absolute atomic E-state index is 0.0622. The summed E-state index contributed by atoms with van der Waals surface area (Å²) >= 11 is 0. The number of allylic oxidation sites excluding steroid dienone is 2. The fourth-order valence-electron chi connectivity index (χ4n) is 3.72.